The lowest BCUT2D eigenvalue weighted by Gasteiger charge is -2.10. The summed E-state index contributed by atoms with van der Waals surface area (Å²) in [6.07, 6.45) is 1.46. The van der Waals surface area contributed by atoms with E-state index >= 15 is 0 Å². The summed E-state index contributed by atoms with van der Waals surface area (Å²) in [6.45, 7) is 3.86. The fourth-order valence-electron chi connectivity index (χ4n) is 2.40. The zero-order chi connectivity index (χ0) is 18.7. The van der Waals surface area contributed by atoms with E-state index in [2.05, 4.69) is 15.6 Å². The van der Waals surface area contributed by atoms with Gasteiger partial charge in [-0.15, -0.1) is 0 Å². The number of rotatable bonds is 4. The van der Waals surface area contributed by atoms with Crippen LogP contribution in [-0.2, 0) is 0 Å². The number of carbonyl (C=O) groups is 1. The smallest absolute Gasteiger partial charge is 0.274 e. The normalized spacial score (nSPS) is 10.5. The van der Waals surface area contributed by atoms with Crippen LogP contribution in [0.25, 0.3) is 0 Å². The molecule has 0 radical (unpaired) electrons. The van der Waals surface area contributed by atoms with Crippen LogP contribution in [0.4, 0.5) is 25.8 Å². The van der Waals surface area contributed by atoms with E-state index in [0.29, 0.717) is 11.4 Å². The average molecular weight is 353 g/mol. The highest BCUT2D eigenvalue weighted by Crippen LogP contribution is 2.20. The van der Waals surface area contributed by atoms with Gasteiger partial charge in [-0.2, -0.15) is 0 Å². The maximum atomic E-state index is 13.2. The summed E-state index contributed by atoms with van der Waals surface area (Å²) in [5.41, 5.74) is 3.94. The van der Waals surface area contributed by atoms with Gasteiger partial charge in [-0.25, -0.2) is 13.8 Å². The standard InChI is InChI=1S/C20H17F2N3O/c1-12-3-4-13(2)19(9-12)25-20(26)18-8-6-15(11-23-18)24-14-5-7-16(21)17(22)10-14/h3-11,24H,1-2H3,(H,25,26). The van der Waals surface area contributed by atoms with Crippen LogP contribution in [0.5, 0.6) is 0 Å². The number of nitrogens with one attached hydrogen (secondary N) is 2. The lowest BCUT2D eigenvalue weighted by molar-refractivity contribution is 0.102. The molecular weight excluding hydrogens is 336 g/mol. The second-order valence-corrected chi connectivity index (χ2v) is 5.96. The summed E-state index contributed by atoms with van der Waals surface area (Å²) in [6, 6.07) is 12.5. The number of halogens is 2. The van der Waals surface area contributed by atoms with Crippen molar-refractivity contribution in [2.75, 3.05) is 10.6 Å². The van der Waals surface area contributed by atoms with Crippen molar-refractivity contribution in [1.29, 1.82) is 0 Å². The predicted octanol–water partition coefficient (Wildman–Crippen LogP) is 4.97. The van der Waals surface area contributed by atoms with Crippen LogP contribution in [0.3, 0.4) is 0 Å². The Labute approximate surface area is 149 Å². The molecule has 0 fully saturated rings. The summed E-state index contributed by atoms with van der Waals surface area (Å²) in [5, 5.41) is 5.74. The molecule has 4 nitrogen and oxygen atoms in total. The summed E-state index contributed by atoms with van der Waals surface area (Å²) < 4.78 is 26.2. The molecule has 0 aliphatic carbocycles. The van der Waals surface area contributed by atoms with Crippen LogP contribution in [0.1, 0.15) is 21.6 Å². The van der Waals surface area contributed by atoms with Crippen molar-refractivity contribution in [1.82, 2.24) is 4.98 Å². The number of pyridine rings is 1. The average Bonchev–Trinajstić information content (AvgIpc) is 2.62. The van der Waals surface area contributed by atoms with Gasteiger partial charge in [0.1, 0.15) is 5.69 Å². The molecule has 0 saturated heterocycles. The van der Waals surface area contributed by atoms with Crippen LogP contribution < -0.4 is 10.6 Å². The Kier molecular flexibility index (Phi) is 4.93. The van der Waals surface area contributed by atoms with Gasteiger partial charge >= 0.3 is 0 Å². The molecule has 1 amide bonds. The molecule has 3 aromatic rings. The van der Waals surface area contributed by atoms with Crippen molar-refractivity contribution in [2.24, 2.45) is 0 Å². The molecule has 0 aliphatic rings. The molecule has 132 valence electrons. The third kappa shape index (κ3) is 4.03. The van der Waals surface area contributed by atoms with E-state index in [9.17, 15) is 13.6 Å². The van der Waals surface area contributed by atoms with E-state index in [1.54, 1.807) is 12.1 Å². The molecule has 0 saturated carbocycles. The molecule has 0 aliphatic heterocycles. The molecule has 2 aromatic carbocycles. The Morgan fingerprint density at radius 2 is 1.69 bits per heavy atom. The zero-order valence-electron chi connectivity index (χ0n) is 14.3. The number of carbonyl (C=O) groups excluding carboxylic acids is 1. The monoisotopic (exact) mass is 353 g/mol. The van der Waals surface area contributed by atoms with E-state index < -0.39 is 11.6 Å². The largest absolute Gasteiger partial charge is 0.354 e. The van der Waals surface area contributed by atoms with Gasteiger partial charge in [0.25, 0.3) is 5.91 Å². The van der Waals surface area contributed by atoms with Crippen molar-refractivity contribution < 1.29 is 13.6 Å². The molecule has 0 spiro atoms. The lowest BCUT2D eigenvalue weighted by Crippen LogP contribution is -2.14. The van der Waals surface area contributed by atoms with Crippen molar-refractivity contribution >= 4 is 23.0 Å². The molecule has 0 atom stereocenters. The molecule has 6 heteroatoms. The van der Waals surface area contributed by atoms with E-state index in [1.807, 2.05) is 32.0 Å². The molecule has 1 aromatic heterocycles. The zero-order valence-corrected chi connectivity index (χ0v) is 14.3. The fourth-order valence-corrected chi connectivity index (χ4v) is 2.40. The van der Waals surface area contributed by atoms with Gasteiger partial charge in [0.05, 0.1) is 11.9 Å². The second-order valence-electron chi connectivity index (χ2n) is 5.96. The summed E-state index contributed by atoms with van der Waals surface area (Å²) in [5.74, 6) is -2.17. The Bertz CT molecular complexity index is 956. The van der Waals surface area contributed by atoms with Crippen LogP contribution >= 0.6 is 0 Å². The van der Waals surface area contributed by atoms with Gasteiger partial charge in [0.2, 0.25) is 0 Å². The van der Waals surface area contributed by atoms with Gasteiger partial charge in [0.15, 0.2) is 11.6 Å². The van der Waals surface area contributed by atoms with E-state index in [0.717, 1.165) is 28.9 Å². The Morgan fingerprint density at radius 1 is 0.923 bits per heavy atom. The highest BCUT2D eigenvalue weighted by atomic mass is 19.2. The second kappa shape index (κ2) is 7.31. The number of amides is 1. The van der Waals surface area contributed by atoms with E-state index in [1.165, 1.54) is 12.3 Å². The topological polar surface area (TPSA) is 54.0 Å². The van der Waals surface area contributed by atoms with Gasteiger partial charge in [-0.1, -0.05) is 12.1 Å². The molecule has 26 heavy (non-hydrogen) atoms. The van der Waals surface area contributed by atoms with E-state index in [4.69, 9.17) is 0 Å². The number of aromatic nitrogens is 1. The highest BCUT2D eigenvalue weighted by molar-refractivity contribution is 6.03. The van der Waals surface area contributed by atoms with Crippen molar-refractivity contribution in [3.05, 3.63) is 83.2 Å². The number of aryl methyl sites for hydroxylation is 2. The first-order valence-corrected chi connectivity index (χ1v) is 7.99. The van der Waals surface area contributed by atoms with Gasteiger partial charge < -0.3 is 10.6 Å². The first kappa shape index (κ1) is 17.5. The molecule has 1 heterocycles. The van der Waals surface area contributed by atoms with E-state index in [-0.39, 0.29) is 11.6 Å². The SMILES string of the molecule is Cc1ccc(C)c(NC(=O)c2ccc(Nc3ccc(F)c(F)c3)cn2)c1. The number of anilines is 3. The summed E-state index contributed by atoms with van der Waals surface area (Å²) in [7, 11) is 0. The third-order valence-corrected chi connectivity index (χ3v) is 3.85. The number of benzene rings is 2. The number of nitrogens with zero attached hydrogens (tertiary/aromatic N) is 1. The maximum Gasteiger partial charge on any atom is 0.274 e. The minimum absolute atomic E-state index is 0.252. The van der Waals surface area contributed by atoms with Crippen molar-refractivity contribution in [3.63, 3.8) is 0 Å². The molecule has 3 rings (SSSR count). The minimum atomic E-state index is -0.938. The van der Waals surface area contributed by atoms with Gasteiger partial charge in [0, 0.05) is 17.4 Å². The third-order valence-electron chi connectivity index (χ3n) is 3.85. The molecule has 0 bridgehead atoms. The van der Waals surface area contributed by atoms with Crippen LogP contribution in [0.15, 0.2) is 54.7 Å². The van der Waals surface area contributed by atoms with Crippen LogP contribution in [-0.4, -0.2) is 10.9 Å². The lowest BCUT2D eigenvalue weighted by atomic mass is 10.1. The van der Waals surface area contributed by atoms with Crippen LogP contribution in [0.2, 0.25) is 0 Å². The maximum absolute atomic E-state index is 13.2. The predicted molar refractivity (Wildman–Crippen MR) is 97.7 cm³/mol. The minimum Gasteiger partial charge on any atom is -0.354 e. The number of hydrogen-bond acceptors (Lipinski definition) is 3. The molecule has 2 N–H and O–H groups in total. The van der Waals surface area contributed by atoms with Crippen LogP contribution in [0, 0.1) is 25.5 Å². The summed E-state index contributed by atoms with van der Waals surface area (Å²) in [4.78, 5) is 16.5. The Hall–Kier alpha value is -3.28. The Morgan fingerprint density at radius 3 is 2.38 bits per heavy atom. The first-order valence-electron chi connectivity index (χ1n) is 7.99. The molecule has 0 unspecified atom stereocenters. The summed E-state index contributed by atoms with van der Waals surface area (Å²) >= 11 is 0. The highest BCUT2D eigenvalue weighted by Gasteiger charge is 2.10. The Balaban J connectivity index is 1.71. The fraction of sp³-hybridized carbons (Fsp3) is 0.100. The number of hydrogen-bond donors (Lipinski definition) is 2. The first-order chi connectivity index (χ1) is 12.4. The van der Waals surface area contributed by atoms with Gasteiger partial charge in [-0.3, -0.25) is 4.79 Å². The van der Waals surface area contributed by atoms with Gasteiger partial charge in [-0.05, 0) is 55.3 Å². The molecular formula is C20H17F2N3O. The van der Waals surface area contributed by atoms with Crippen molar-refractivity contribution in [2.45, 2.75) is 13.8 Å². The quantitative estimate of drug-likeness (QED) is 0.696. The van der Waals surface area contributed by atoms with Crippen molar-refractivity contribution in [3.8, 4) is 0 Å².